The molecule has 0 saturated carbocycles. The van der Waals surface area contributed by atoms with Crippen LogP contribution in [0, 0.1) is 5.92 Å². The van der Waals surface area contributed by atoms with E-state index in [1.165, 1.54) is 31.5 Å². The van der Waals surface area contributed by atoms with Crippen LogP contribution in [0.4, 0.5) is 5.69 Å². The fraction of sp³-hybridized carbons (Fsp3) is 0.571. The first-order chi connectivity index (χ1) is 8.24. The van der Waals surface area contributed by atoms with Gasteiger partial charge in [-0.25, -0.2) is 0 Å². The Kier molecular flexibility index (Phi) is 4.40. The van der Waals surface area contributed by atoms with Crippen LogP contribution in [-0.2, 0) is 6.54 Å². The smallest absolute Gasteiger partial charge is 0.0317 e. The third-order valence-corrected chi connectivity index (χ3v) is 3.50. The predicted molar refractivity (Wildman–Crippen MR) is 72.8 cm³/mol. The Morgan fingerprint density at radius 2 is 2.35 bits per heavy atom. The second kappa shape index (κ2) is 6.03. The van der Waals surface area contributed by atoms with Crippen molar-refractivity contribution in [2.45, 2.75) is 19.4 Å². The second-order valence-corrected chi connectivity index (χ2v) is 5.13. The molecule has 0 radical (unpaired) electrons. The highest BCUT2D eigenvalue weighted by atomic mass is 15.1. The second-order valence-electron chi connectivity index (χ2n) is 5.13. The summed E-state index contributed by atoms with van der Waals surface area (Å²) >= 11 is 0. The molecule has 0 aliphatic carbocycles. The molecule has 1 aromatic rings. The molecule has 3 N–H and O–H groups in total. The molecule has 3 heteroatoms. The Bertz CT molecular complexity index is 351. The summed E-state index contributed by atoms with van der Waals surface area (Å²) in [6.07, 6.45) is 2.64. The van der Waals surface area contributed by atoms with Crippen LogP contribution in [0.1, 0.15) is 18.4 Å². The van der Waals surface area contributed by atoms with Crippen LogP contribution in [0.15, 0.2) is 24.3 Å². The summed E-state index contributed by atoms with van der Waals surface area (Å²) < 4.78 is 0. The number of anilines is 1. The SMILES string of the molecule is CN1CCC(CCNCc2cccc(N)c2)C1. The zero-order valence-electron chi connectivity index (χ0n) is 10.7. The van der Waals surface area contributed by atoms with Gasteiger partial charge in [-0.1, -0.05) is 12.1 Å². The van der Waals surface area contributed by atoms with E-state index in [2.05, 4.69) is 23.3 Å². The van der Waals surface area contributed by atoms with E-state index in [0.717, 1.165) is 24.7 Å². The van der Waals surface area contributed by atoms with E-state index in [1.54, 1.807) is 0 Å². The van der Waals surface area contributed by atoms with E-state index in [1.807, 2.05) is 18.2 Å². The lowest BCUT2D eigenvalue weighted by Crippen LogP contribution is -2.20. The molecular formula is C14H23N3. The van der Waals surface area contributed by atoms with Crippen LogP contribution in [0.5, 0.6) is 0 Å². The van der Waals surface area contributed by atoms with Gasteiger partial charge in [0, 0.05) is 18.8 Å². The Hall–Kier alpha value is -1.06. The van der Waals surface area contributed by atoms with Crippen molar-refractivity contribution in [1.29, 1.82) is 0 Å². The molecule has 1 heterocycles. The van der Waals surface area contributed by atoms with Gasteiger partial charge in [-0.2, -0.15) is 0 Å². The number of hydrogen-bond acceptors (Lipinski definition) is 3. The van der Waals surface area contributed by atoms with E-state index >= 15 is 0 Å². The van der Waals surface area contributed by atoms with Gasteiger partial charge in [0.25, 0.3) is 0 Å². The van der Waals surface area contributed by atoms with E-state index in [9.17, 15) is 0 Å². The van der Waals surface area contributed by atoms with Crippen LogP contribution < -0.4 is 11.1 Å². The van der Waals surface area contributed by atoms with Gasteiger partial charge in [0.2, 0.25) is 0 Å². The van der Waals surface area contributed by atoms with Crippen LogP contribution >= 0.6 is 0 Å². The van der Waals surface area contributed by atoms with Gasteiger partial charge in [-0.3, -0.25) is 0 Å². The standard InChI is InChI=1S/C14H23N3/c1-17-8-6-12(11-17)5-7-16-10-13-3-2-4-14(15)9-13/h2-4,9,12,16H,5-8,10-11,15H2,1H3. The molecule has 1 aliphatic heterocycles. The number of hydrogen-bond donors (Lipinski definition) is 2. The van der Waals surface area contributed by atoms with Gasteiger partial charge in [0.15, 0.2) is 0 Å². The number of likely N-dealkylation sites (tertiary alicyclic amines) is 1. The number of nitrogens with one attached hydrogen (secondary N) is 1. The average molecular weight is 233 g/mol. The Balaban J connectivity index is 1.63. The zero-order chi connectivity index (χ0) is 12.1. The molecule has 1 aliphatic rings. The summed E-state index contributed by atoms with van der Waals surface area (Å²) in [5, 5.41) is 3.50. The van der Waals surface area contributed by atoms with Crippen LogP contribution in [0.2, 0.25) is 0 Å². The fourth-order valence-corrected chi connectivity index (χ4v) is 2.50. The summed E-state index contributed by atoms with van der Waals surface area (Å²) in [4.78, 5) is 2.42. The molecule has 1 atom stereocenters. The van der Waals surface area contributed by atoms with Crippen molar-refractivity contribution in [2.75, 3.05) is 32.4 Å². The van der Waals surface area contributed by atoms with E-state index in [-0.39, 0.29) is 0 Å². The minimum absolute atomic E-state index is 0.849. The molecule has 0 spiro atoms. The first kappa shape index (κ1) is 12.4. The van der Waals surface area contributed by atoms with Gasteiger partial charge in [0.1, 0.15) is 0 Å². The molecule has 0 amide bonds. The summed E-state index contributed by atoms with van der Waals surface area (Å²) in [5.74, 6) is 0.883. The maximum absolute atomic E-state index is 5.74. The van der Waals surface area contributed by atoms with Crippen LogP contribution in [0.3, 0.4) is 0 Å². The Morgan fingerprint density at radius 1 is 1.47 bits per heavy atom. The number of nitrogens with two attached hydrogens (primary N) is 1. The zero-order valence-corrected chi connectivity index (χ0v) is 10.7. The van der Waals surface area contributed by atoms with Gasteiger partial charge >= 0.3 is 0 Å². The summed E-state index contributed by atoms with van der Waals surface area (Å²) in [5.41, 5.74) is 7.86. The molecule has 1 unspecified atom stereocenters. The molecule has 2 rings (SSSR count). The van der Waals surface area contributed by atoms with Gasteiger partial charge in [-0.05, 0) is 56.6 Å². The van der Waals surface area contributed by atoms with Gasteiger partial charge in [0.05, 0.1) is 0 Å². The van der Waals surface area contributed by atoms with Gasteiger partial charge in [-0.15, -0.1) is 0 Å². The Morgan fingerprint density at radius 3 is 3.06 bits per heavy atom. The Labute approximate surface area is 104 Å². The summed E-state index contributed by atoms with van der Waals surface area (Å²) in [7, 11) is 2.21. The molecular weight excluding hydrogens is 210 g/mol. The number of benzene rings is 1. The first-order valence-electron chi connectivity index (χ1n) is 6.48. The van der Waals surface area contributed by atoms with Crippen LogP contribution in [-0.4, -0.2) is 31.6 Å². The first-order valence-corrected chi connectivity index (χ1v) is 6.48. The maximum Gasteiger partial charge on any atom is 0.0317 e. The lowest BCUT2D eigenvalue weighted by atomic mass is 10.1. The van der Waals surface area contributed by atoms with Crippen molar-refractivity contribution in [1.82, 2.24) is 10.2 Å². The van der Waals surface area contributed by atoms with Crippen molar-refractivity contribution < 1.29 is 0 Å². The molecule has 3 nitrogen and oxygen atoms in total. The lowest BCUT2D eigenvalue weighted by molar-refractivity contribution is 0.385. The molecule has 1 saturated heterocycles. The normalized spacial score (nSPS) is 20.9. The molecule has 94 valence electrons. The third kappa shape index (κ3) is 4.02. The van der Waals surface area contributed by atoms with Crippen molar-refractivity contribution in [3.05, 3.63) is 29.8 Å². The molecule has 17 heavy (non-hydrogen) atoms. The molecule has 1 fully saturated rings. The predicted octanol–water partition coefficient (Wildman–Crippen LogP) is 1.70. The van der Waals surface area contributed by atoms with E-state index in [4.69, 9.17) is 5.73 Å². The van der Waals surface area contributed by atoms with Gasteiger partial charge < -0.3 is 16.0 Å². The van der Waals surface area contributed by atoms with Crippen molar-refractivity contribution in [3.8, 4) is 0 Å². The fourth-order valence-electron chi connectivity index (χ4n) is 2.50. The molecule has 0 bridgehead atoms. The highest BCUT2D eigenvalue weighted by molar-refractivity contribution is 5.40. The highest BCUT2D eigenvalue weighted by Gasteiger charge is 2.18. The minimum Gasteiger partial charge on any atom is -0.399 e. The number of rotatable bonds is 5. The largest absolute Gasteiger partial charge is 0.399 e. The third-order valence-electron chi connectivity index (χ3n) is 3.50. The summed E-state index contributed by atoms with van der Waals surface area (Å²) in [6, 6.07) is 8.10. The quantitative estimate of drug-likeness (QED) is 0.601. The lowest BCUT2D eigenvalue weighted by Gasteiger charge is -2.11. The maximum atomic E-state index is 5.74. The minimum atomic E-state index is 0.849. The molecule has 0 aromatic heterocycles. The monoisotopic (exact) mass is 233 g/mol. The molecule has 1 aromatic carbocycles. The summed E-state index contributed by atoms with van der Waals surface area (Å²) in [6.45, 7) is 4.56. The van der Waals surface area contributed by atoms with Crippen molar-refractivity contribution >= 4 is 5.69 Å². The number of nitrogen functional groups attached to an aromatic ring is 1. The topological polar surface area (TPSA) is 41.3 Å². The van der Waals surface area contributed by atoms with Crippen LogP contribution in [0.25, 0.3) is 0 Å². The number of nitrogens with zero attached hydrogens (tertiary/aromatic N) is 1. The average Bonchev–Trinajstić information content (AvgIpc) is 2.71. The van der Waals surface area contributed by atoms with E-state index < -0.39 is 0 Å². The van der Waals surface area contributed by atoms with Crippen molar-refractivity contribution in [2.24, 2.45) is 5.92 Å². The van der Waals surface area contributed by atoms with E-state index in [0.29, 0.717) is 0 Å². The highest BCUT2D eigenvalue weighted by Crippen LogP contribution is 2.17. The van der Waals surface area contributed by atoms with Crippen molar-refractivity contribution in [3.63, 3.8) is 0 Å².